The van der Waals surface area contributed by atoms with Crippen LogP contribution < -0.4 is 0 Å². The van der Waals surface area contributed by atoms with Crippen molar-refractivity contribution in [2.45, 2.75) is 44.9 Å². The van der Waals surface area contributed by atoms with Crippen molar-refractivity contribution in [1.82, 2.24) is 0 Å². The average molecular weight is 601 g/mol. The van der Waals surface area contributed by atoms with Crippen LogP contribution in [0.5, 0.6) is 0 Å². The molecule has 0 heterocycles. The zero-order valence-electron chi connectivity index (χ0n) is 27.0. The highest BCUT2D eigenvalue weighted by molar-refractivity contribution is 6.09. The van der Waals surface area contributed by atoms with Crippen LogP contribution in [0.2, 0.25) is 0 Å². The fraction of sp³-hybridized carbons (Fsp3) is 0.149. The van der Waals surface area contributed by atoms with Gasteiger partial charge in [-0.05, 0) is 138 Å². The summed E-state index contributed by atoms with van der Waals surface area (Å²) < 4.78 is 0. The van der Waals surface area contributed by atoms with Gasteiger partial charge in [-0.2, -0.15) is 0 Å². The molecule has 0 saturated carbocycles. The highest BCUT2D eigenvalue weighted by atomic mass is 14.4. The zero-order chi connectivity index (χ0) is 31.3. The molecule has 0 saturated heterocycles. The van der Waals surface area contributed by atoms with Gasteiger partial charge in [0.25, 0.3) is 0 Å². The van der Waals surface area contributed by atoms with E-state index >= 15 is 0 Å². The molecule has 0 spiro atoms. The lowest BCUT2D eigenvalue weighted by Crippen LogP contribution is -2.15. The van der Waals surface area contributed by atoms with Crippen molar-refractivity contribution in [1.29, 1.82) is 0 Å². The molecule has 6 aromatic carbocycles. The minimum absolute atomic E-state index is 0.0940. The van der Waals surface area contributed by atoms with E-state index in [0.717, 1.165) is 25.7 Å². The largest absolute Gasteiger partial charge is 0.0838 e. The summed E-state index contributed by atoms with van der Waals surface area (Å²) in [5.41, 5.74) is 22.0. The van der Waals surface area contributed by atoms with E-state index in [1.165, 1.54) is 99.8 Å². The van der Waals surface area contributed by atoms with Gasteiger partial charge in [0, 0.05) is 5.41 Å². The highest BCUT2D eigenvalue weighted by Gasteiger charge is 2.36. The van der Waals surface area contributed by atoms with Crippen LogP contribution in [0.4, 0.5) is 0 Å². The Morgan fingerprint density at radius 3 is 2.02 bits per heavy atom. The SMILES string of the molecule is CC1(C)c2cc(-c3ccc4c(c3)CC=CC4)ccc2-c2ccc(-c3ccccc3-c3ccc4c5c6c(ccc35)C=CCC6=CC4)cc21. The molecule has 224 valence electrons. The first-order valence-electron chi connectivity index (χ1n) is 17.2. The molecular weight excluding hydrogens is 565 g/mol. The Kier molecular flexibility index (Phi) is 5.68. The Labute approximate surface area is 277 Å². The molecule has 47 heavy (non-hydrogen) atoms. The second-order valence-corrected chi connectivity index (χ2v) is 14.3. The molecule has 0 amide bonds. The first-order valence-corrected chi connectivity index (χ1v) is 17.2. The Bertz CT molecular complexity index is 2420. The predicted octanol–water partition coefficient (Wildman–Crippen LogP) is 12.2. The zero-order valence-corrected chi connectivity index (χ0v) is 27.0. The standard InChI is InChI=1S/C47H36/c1-47(2)43-27-35(34-17-14-29-8-3-4-9-33(29)26-34)20-23-40(43)41-24-21-36(28-44(41)47)37-12-5-6-13-38(37)39-22-18-32-16-15-30-10-7-11-31-19-25-42(39)46(32)45(30)31/h3-7,11-15,17-28H,8-10,16H2,1-2H3. The number of fused-ring (bicyclic) bond motifs is 4. The number of allylic oxidation sites excluding steroid dienone is 5. The molecule has 0 heteroatoms. The van der Waals surface area contributed by atoms with Gasteiger partial charge in [-0.1, -0.05) is 135 Å². The summed E-state index contributed by atoms with van der Waals surface area (Å²) in [7, 11) is 0. The molecule has 4 aliphatic rings. The highest BCUT2D eigenvalue weighted by Crippen LogP contribution is 2.52. The van der Waals surface area contributed by atoms with Crippen molar-refractivity contribution < 1.29 is 0 Å². The molecule has 0 unspecified atom stereocenters. The van der Waals surface area contributed by atoms with E-state index in [-0.39, 0.29) is 5.41 Å². The lowest BCUT2D eigenvalue weighted by Gasteiger charge is -2.25. The quantitative estimate of drug-likeness (QED) is 0.177. The van der Waals surface area contributed by atoms with Gasteiger partial charge in [-0.3, -0.25) is 0 Å². The van der Waals surface area contributed by atoms with E-state index in [2.05, 4.69) is 147 Å². The summed E-state index contributed by atoms with van der Waals surface area (Å²) in [6.07, 6.45) is 15.8. The van der Waals surface area contributed by atoms with Crippen LogP contribution in [-0.2, 0) is 24.7 Å². The van der Waals surface area contributed by atoms with E-state index < -0.39 is 0 Å². The molecule has 10 rings (SSSR count). The van der Waals surface area contributed by atoms with E-state index in [1.54, 1.807) is 0 Å². The summed E-state index contributed by atoms with van der Waals surface area (Å²) >= 11 is 0. The first kappa shape index (κ1) is 27.0. The summed E-state index contributed by atoms with van der Waals surface area (Å²) in [6.45, 7) is 4.81. The number of rotatable bonds is 3. The number of hydrogen-bond acceptors (Lipinski definition) is 0. The van der Waals surface area contributed by atoms with Gasteiger partial charge in [0.2, 0.25) is 0 Å². The summed E-state index contributed by atoms with van der Waals surface area (Å²) in [6, 6.07) is 39.9. The van der Waals surface area contributed by atoms with Crippen molar-refractivity contribution in [3.05, 3.63) is 166 Å². The third-order valence-corrected chi connectivity index (χ3v) is 11.4. The molecule has 6 aromatic rings. The Balaban J connectivity index is 1.08. The molecule has 0 N–H and O–H groups in total. The van der Waals surface area contributed by atoms with Gasteiger partial charge in [-0.25, -0.2) is 0 Å². The van der Waals surface area contributed by atoms with Gasteiger partial charge < -0.3 is 0 Å². The smallest absolute Gasteiger partial charge is 0.0159 e. The van der Waals surface area contributed by atoms with Crippen LogP contribution >= 0.6 is 0 Å². The summed E-state index contributed by atoms with van der Waals surface area (Å²) in [5.74, 6) is 0. The predicted molar refractivity (Wildman–Crippen MR) is 200 cm³/mol. The number of hydrogen-bond donors (Lipinski definition) is 0. The fourth-order valence-electron chi connectivity index (χ4n) is 8.93. The Hall–Kier alpha value is -5.20. The minimum atomic E-state index is -0.0940. The fourth-order valence-corrected chi connectivity index (χ4v) is 8.93. The van der Waals surface area contributed by atoms with Gasteiger partial charge in [0.05, 0.1) is 0 Å². The van der Waals surface area contributed by atoms with Crippen LogP contribution in [0.3, 0.4) is 0 Å². The average Bonchev–Trinajstić information content (AvgIpc) is 3.35. The monoisotopic (exact) mass is 600 g/mol. The second-order valence-electron chi connectivity index (χ2n) is 14.3. The van der Waals surface area contributed by atoms with Crippen LogP contribution in [0, 0.1) is 0 Å². The van der Waals surface area contributed by atoms with Crippen LogP contribution in [0.25, 0.3) is 66.9 Å². The molecule has 0 radical (unpaired) electrons. The summed E-state index contributed by atoms with van der Waals surface area (Å²) in [5, 5.41) is 2.82. The summed E-state index contributed by atoms with van der Waals surface area (Å²) in [4.78, 5) is 0. The van der Waals surface area contributed by atoms with Gasteiger partial charge in [-0.15, -0.1) is 0 Å². The van der Waals surface area contributed by atoms with Gasteiger partial charge in [0.15, 0.2) is 0 Å². The lowest BCUT2D eigenvalue weighted by molar-refractivity contribution is 0.661. The molecule has 4 aliphatic carbocycles. The Morgan fingerprint density at radius 2 is 1.17 bits per heavy atom. The van der Waals surface area contributed by atoms with Crippen LogP contribution in [0.15, 0.2) is 127 Å². The minimum Gasteiger partial charge on any atom is -0.0838 e. The maximum absolute atomic E-state index is 2.48. The maximum Gasteiger partial charge on any atom is 0.0159 e. The lowest BCUT2D eigenvalue weighted by atomic mass is 9.79. The van der Waals surface area contributed by atoms with Crippen molar-refractivity contribution in [2.75, 3.05) is 0 Å². The van der Waals surface area contributed by atoms with E-state index in [9.17, 15) is 0 Å². The third-order valence-electron chi connectivity index (χ3n) is 11.4. The van der Waals surface area contributed by atoms with E-state index in [1.807, 2.05) is 0 Å². The van der Waals surface area contributed by atoms with Crippen molar-refractivity contribution in [3.8, 4) is 44.5 Å². The molecular formula is C47H36. The van der Waals surface area contributed by atoms with Crippen molar-refractivity contribution in [2.24, 2.45) is 0 Å². The molecule has 0 bridgehead atoms. The van der Waals surface area contributed by atoms with Crippen LogP contribution in [0.1, 0.15) is 59.2 Å². The molecule has 0 aliphatic heterocycles. The van der Waals surface area contributed by atoms with Gasteiger partial charge in [0.1, 0.15) is 0 Å². The maximum atomic E-state index is 2.48. The van der Waals surface area contributed by atoms with Crippen LogP contribution in [-0.4, -0.2) is 0 Å². The third kappa shape index (κ3) is 3.94. The normalized spacial score (nSPS) is 16.1. The van der Waals surface area contributed by atoms with Crippen molar-refractivity contribution >= 4 is 22.4 Å². The number of benzene rings is 6. The molecule has 0 atom stereocenters. The van der Waals surface area contributed by atoms with Crippen molar-refractivity contribution in [3.63, 3.8) is 0 Å². The van der Waals surface area contributed by atoms with E-state index in [4.69, 9.17) is 0 Å². The first-order chi connectivity index (χ1) is 23.0. The molecule has 0 fully saturated rings. The molecule has 0 nitrogen and oxygen atoms in total. The second kappa shape index (κ2) is 9.90. The molecule has 0 aromatic heterocycles. The van der Waals surface area contributed by atoms with E-state index in [0.29, 0.717) is 0 Å². The Morgan fingerprint density at radius 1 is 0.489 bits per heavy atom. The topological polar surface area (TPSA) is 0 Å². The van der Waals surface area contributed by atoms with Gasteiger partial charge >= 0.3 is 0 Å².